The van der Waals surface area contributed by atoms with Gasteiger partial charge in [0.15, 0.2) is 0 Å². The standard InChI is InChI=1S/C18H19ClN4O4/c1-23(11-16(24)22-13-4-3-5-14(9-13)27-2)17(25)10-21-18(26)15-8-12(19)6-7-20-15/h3-9H,10-11H2,1-2H3,(H,21,26)(H,22,24). The third kappa shape index (κ3) is 6.27. The first-order valence-electron chi connectivity index (χ1n) is 7.96. The summed E-state index contributed by atoms with van der Waals surface area (Å²) < 4.78 is 5.08. The van der Waals surface area contributed by atoms with E-state index in [0.717, 1.165) is 0 Å². The fourth-order valence-electron chi connectivity index (χ4n) is 2.12. The van der Waals surface area contributed by atoms with E-state index in [1.165, 1.54) is 37.4 Å². The summed E-state index contributed by atoms with van der Waals surface area (Å²) in [6.45, 7) is -0.433. The lowest BCUT2D eigenvalue weighted by Gasteiger charge is -2.17. The van der Waals surface area contributed by atoms with Gasteiger partial charge in [0.1, 0.15) is 11.4 Å². The van der Waals surface area contributed by atoms with Crippen LogP contribution in [0.3, 0.4) is 0 Å². The lowest BCUT2D eigenvalue weighted by molar-refractivity contribution is -0.132. The normalized spacial score (nSPS) is 10.0. The van der Waals surface area contributed by atoms with Crippen LogP contribution in [-0.4, -0.2) is 54.9 Å². The lowest BCUT2D eigenvalue weighted by Crippen LogP contribution is -2.41. The number of nitrogens with one attached hydrogen (secondary N) is 2. The lowest BCUT2D eigenvalue weighted by atomic mass is 10.3. The van der Waals surface area contributed by atoms with Gasteiger partial charge in [-0.1, -0.05) is 17.7 Å². The van der Waals surface area contributed by atoms with Crippen molar-refractivity contribution in [1.82, 2.24) is 15.2 Å². The number of benzene rings is 1. The fourth-order valence-corrected chi connectivity index (χ4v) is 2.27. The van der Waals surface area contributed by atoms with E-state index in [2.05, 4.69) is 15.6 Å². The van der Waals surface area contributed by atoms with Crippen molar-refractivity contribution in [2.24, 2.45) is 0 Å². The Bertz CT molecular complexity index is 844. The summed E-state index contributed by atoms with van der Waals surface area (Å²) in [5.74, 6) is -0.720. The van der Waals surface area contributed by atoms with E-state index < -0.39 is 11.8 Å². The maximum Gasteiger partial charge on any atom is 0.270 e. The maximum absolute atomic E-state index is 12.1. The smallest absolute Gasteiger partial charge is 0.270 e. The number of anilines is 1. The maximum atomic E-state index is 12.1. The van der Waals surface area contributed by atoms with E-state index in [1.54, 1.807) is 24.3 Å². The molecule has 1 heterocycles. The van der Waals surface area contributed by atoms with Crippen molar-refractivity contribution < 1.29 is 19.1 Å². The van der Waals surface area contributed by atoms with E-state index >= 15 is 0 Å². The van der Waals surface area contributed by atoms with Gasteiger partial charge in [0, 0.05) is 30.0 Å². The number of hydrogen-bond donors (Lipinski definition) is 2. The van der Waals surface area contributed by atoms with Gasteiger partial charge in [0.05, 0.1) is 20.2 Å². The first kappa shape index (κ1) is 20.2. The molecule has 0 atom stereocenters. The second-order valence-electron chi connectivity index (χ2n) is 5.57. The molecule has 1 aromatic heterocycles. The average Bonchev–Trinajstić information content (AvgIpc) is 2.65. The number of carbonyl (C=O) groups excluding carboxylic acids is 3. The zero-order chi connectivity index (χ0) is 19.8. The van der Waals surface area contributed by atoms with Gasteiger partial charge in [-0.2, -0.15) is 0 Å². The molecule has 0 spiro atoms. The van der Waals surface area contributed by atoms with E-state index in [1.807, 2.05) is 0 Å². The highest BCUT2D eigenvalue weighted by Crippen LogP contribution is 2.16. The molecule has 2 aromatic rings. The predicted octanol–water partition coefficient (Wildman–Crippen LogP) is 1.57. The first-order valence-corrected chi connectivity index (χ1v) is 8.34. The van der Waals surface area contributed by atoms with Gasteiger partial charge in [0.2, 0.25) is 11.8 Å². The van der Waals surface area contributed by atoms with Gasteiger partial charge in [-0.15, -0.1) is 0 Å². The highest BCUT2D eigenvalue weighted by molar-refractivity contribution is 6.30. The minimum atomic E-state index is -0.528. The second-order valence-corrected chi connectivity index (χ2v) is 6.01. The number of ether oxygens (including phenoxy) is 1. The summed E-state index contributed by atoms with van der Waals surface area (Å²) in [5.41, 5.74) is 0.661. The van der Waals surface area contributed by atoms with Crippen LogP contribution in [0.5, 0.6) is 5.75 Å². The minimum absolute atomic E-state index is 0.105. The first-order chi connectivity index (χ1) is 12.9. The molecule has 1 aromatic carbocycles. The Balaban J connectivity index is 1.82. The molecule has 0 aliphatic rings. The van der Waals surface area contributed by atoms with Crippen molar-refractivity contribution >= 4 is 35.0 Å². The summed E-state index contributed by atoms with van der Waals surface area (Å²) in [7, 11) is 3.00. The third-order valence-electron chi connectivity index (χ3n) is 3.51. The fraction of sp³-hybridized carbons (Fsp3) is 0.222. The Kier molecular flexibility index (Phi) is 7.13. The average molecular weight is 391 g/mol. The summed E-state index contributed by atoms with van der Waals surface area (Å²) in [4.78, 5) is 41.2. The highest BCUT2D eigenvalue weighted by Gasteiger charge is 2.15. The molecule has 0 unspecified atom stereocenters. The van der Waals surface area contributed by atoms with Crippen LogP contribution in [0.1, 0.15) is 10.5 Å². The second kappa shape index (κ2) is 9.54. The quantitative estimate of drug-likeness (QED) is 0.747. The van der Waals surface area contributed by atoms with Gasteiger partial charge in [-0.25, -0.2) is 0 Å². The van der Waals surface area contributed by atoms with Crippen LogP contribution in [0.2, 0.25) is 5.02 Å². The molecule has 0 fully saturated rings. The van der Waals surface area contributed by atoms with E-state index in [9.17, 15) is 14.4 Å². The Morgan fingerprint density at radius 2 is 2.00 bits per heavy atom. The summed E-state index contributed by atoms with van der Waals surface area (Å²) in [6.07, 6.45) is 1.40. The molecule has 8 nitrogen and oxygen atoms in total. The van der Waals surface area contributed by atoms with Crippen LogP contribution >= 0.6 is 11.6 Å². The molecular weight excluding hydrogens is 372 g/mol. The molecule has 2 rings (SSSR count). The molecule has 0 saturated heterocycles. The van der Waals surface area contributed by atoms with Gasteiger partial charge >= 0.3 is 0 Å². The molecule has 0 bridgehead atoms. The monoisotopic (exact) mass is 390 g/mol. The molecule has 9 heteroatoms. The molecule has 27 heavy (non-hydrogen) atoms. The van der Waals surface area contributed by atoms with Crippen molar-refractivity contribution in [2.75, 3.05) is 32.6 Å². The van der Waals surface area contributed by atoms with Crippen LogP contribution in [-0.2, 0) is 9.59 Å². The van der Waals surface area contributed by atoms with Crippen molar-refractivity contribution in [3.63, 3.8) is 0 Å². The zero-order valence-corrected chi connectivity index (χ0v) is 15.6. The van der Waals surface area contributed by atoms with Crippen molar-refractivity contribution in [3.8, 4) is 5.75 Å². The summed E-state index contributed by atoms with van der Waals surface area (Å²) >= 11 is 5.80. The number of rotatable bonds is 7. The molecule has 3 amide bonds. The van der Waals surface area contributed by atoms with Gasteiger partial charge in [0.25, 0.3) is 5.91 Å². The molecule has 0 aliphatic carbocycles. The largest absolute Gasteiger partial charge is 0.497 e. The zero-order valence-electron chi connectivity index (χ0n) is 14.9. The molecule has 0 aliphatic heterocycles. The van der Waals surface area contributed by atoms with Crippen LogP contribution in [0.15, 0.2) is 42.6 Å². The molecule has 2 N–H and O–H groups in total. The Morgan fingerprint density at radius 1 is 1.22 bits per heavy atom. The Morgan fingerprint density at radius 3 is 2.70 bits per heavy atom. The number of halogens is 1. The Labute approximate surface area is 161 Å². The van der Waals surface area contributed by atoms with E-state index in [-0.39, 0.29) is 24.7 Å². The van der Waals surface area contributed by atoms with Crippen LogP contribution in [0, 0.1) is 0 Å². The van der Waals surface area contributed by atoms with Crippen LogP contribution in [0.25, 0.3) is 0 Å². The van der Waals surface area contributed by atoms with Crippen molar-refractivity contribution in [3.05, 3.63) is 53.3 Å². The topological polar surface area (TPSA) is 101 Å². The van der Waals surface area contributed by atoms with E-state index in [0.29, 0.717) is 16.5 Å². The molecule has 0 saturated carbocycles. The van der Waals surface area contributed by atoms with Gasteiger partial charge in [-0.3, -0.25) is 19.4 Å². The van der Waals surface area contributed by atoms with Gasteiger partial charge in [-0.05, 0) is 24.3 Å². The number of nitrogens with zero attached hydrogens (tertiary/aromatic N) is 2. The van der Waals surface area contributed by atoms with Crippen LogP contribution < -0.4 is 15.4 Å². The SMILES string of the molecule is COc1cccc(NC(=O)CN(C)C(=O)CNC(=O)c2cc(Cl)ccn2)c1. The van der Waals surface area contributed by atoms with Gasteiger partial charge < -0.3 is 20.3 Å². The Hall–Kier alpha value is -3.13. The number of carbonyl (C=O) groups is 3. The number of amides is 3. The van der Waals surface area contributed by atoms with Crippen LogP contribution in [0.4, 0.5) is 5.69 Å². The number of likely N-dealkylation sites (N-methyl/N-ethyl adjacent to an activating group) is 1. The highest BCUT2D eigenvalue weighted by atomic mass is 35.5. The van der Waals surface area contributed by atoms with Crippen molar-refractivity contribution in [2.45, 2.75) is 0 Å². The summed E-state index contributed by atoms with van der Waals surface area (Å²) in [5, 5.41) is 5.49. The number of pyridine rings is 1. The molecular formula is C18H19ClN4O4. The molecule has 0 radical (unpaired) electrons. The minimum Gasteiger partial charge on any atom is -0.497 e. The number of hydrogen-bond acceptors (Lipinski definition) is 5. The van der Waals surface area contributed by atoms with Crippen molar-refractivity contribution in [1.29, 1.82) is 0 Å². The third-order valence-corrected chi connectivity index (χ3v) is 3.75. The summed E-state index contributed by atoms with van der Waals surface area (Å²) in [6, 6.07) is 9.80. The van der Waals surface area contributed by atoms with E-state index in [4.69, 9.17) is 16.3 Å². The predicted molar refractivity (Wildman–Crippen MR) is 101 cm³/mol. The number of methoxy groups -OCH3 is 1. The number of aromatic nitrogens is 1. The molecule has 142 valence electrons.